The maximum absolute atomic E-state index is 13.2. The molecule has 0 radical (unpaired) electrons. The van der Waals surface area contributed by atoms with E-state index < -0.39 is 29.6 Å². The van der Waals surface area contributed by atoms with Gasteiger partial charge in [0.1, 0.15) is 5.75 Å². The Kier molecular flexibility index (Phi) is 5.59. The molecule has 0 atom stereocenters. The third-order valence-electron chi connectivity index (χ3n) is 3.09. The molecule has 0 saturated carbocycles. The van der Waals surface area contributed by atoms with Crippen LogP contribution in [0.4, 0.5) is 36.4 Å². The summed E-state index contributed by atoms with van der Waals surface area (Å²) in [5.41, 5.74) is -0.535. The number of rotatable bonds is 6. The Hall–Kier alpha value is -2.50. The topological polar surface area (TPSA) is 56.2 Å². The van der Waals surface area contributed by atoms with Crippen molar-refractivity contribution in [2.75, 3.05) is 5.32 Å². The number of carbonyl (C=O) groups is 1. The van der Waals surface area contributed by atoms with Crippen molar-refractivity contribution in [1.82, 2.24) is 9.78 Å². The molecule has 0 aliphatic rings. The van der Waals surface area contributed by atoms with Gasteiger partial charge in [-0.05, 0) is 18.2 Å². The van der Waals surface area contributed by atoms with Crippen LogP contribution in [0.25, 0.3) is 0 Å². The van der Waals surface area contributed by atoms with Crippen LogP contribution in [-0.2, 0) is 11.5 Å². The zero-order valence-electron chi connectivity index (χ0n) is 12.9. The summed E-state index contributed by atoms with van der Waals surface area (Å²) in [4.78, 5) is 11.2. The fourth-order valence-corrected chi connectivity index (χ4v) is 1.91. The molecule has 2 aromatic rings. The monoisotopic (exact) mass is 419 g/mol. The number of halogens is 8. The van der Waals surface area contributed by atoms with Crippen LogP contribution in [0.5, 0.6) is 5.75 Å². The molecule has 0 spiro atoms. The number of alkyl halides is 7. The number of nitrogens with zero attached hydrogens (tertiary/aromatic N) is 2. The van der Waals surface area contributed by atoms with Crippen LogP contribution in [-0.4, -0.2) is 33.7 Å². The van der Waals surface area contributed by atoms with E-state index in [9.17, 15) is 35.5 Å². The lowest BCUT2D eigenvalue weighted by Crippen LogP contribution is -2.57. The highest BCUT2D eigenvalue weighted by molar-refractivity contribution is 6.30. The van der Waals surface area contributed by atoms with Crippen LogP contribution in [0.2, 0.25) is 5.02 Å². The predicted molar refractivity (Wildman–Crippen MR) is 78.9 cm³/mol. The predicted octanol–water partition coefficient (Wildman–Crippen LogP) is 4.34. The minimum Gasteiger partial charge on any atom is -0.471 e. The number of aromatic nitrogens is 2. The molecule has 148 valence electrons. The van der Waals surface area contributed by atoms with Crippen molar-refractivity contribution in [3.63, 3.8) is 0 Å². The Labute approximate surface area is 151 Å². The second-order valence-corrected chi connectivity index (χ2v) is 5.54. The average molecular weight is 420 g/mol. The largest absolute Gasteiger partial charge is 0.471 e. The second kappa shape index (κ2) is 7.25. The summed E-state index contributed by atoms with van der Waals surface area (Å²) < 4.78 is 94.6. The van der Waals surface area contributed by atoms with Crippen molar-refractivity contribution in [2.24, 2.45) is 0 Å². The number of hydrogen-bond acceptors (Lipinski definition) is 3. The third-order valence-corrected chi connectivity index (χ3v) is 3.32. The van der Waals surface area contributed by atoms with Gasteiger partial charge in [0.25, 0.3) is 0 Å². The molecule has 1 aromatic heterocycles. The molecular formula is C14H9ClF7N3O2. The van der Waals surface area contributed by atoms with Crippen LogP contribution in [0.1, 0.15) is 0 Å². The average Bonchev–Trinajstić information content (AvgIpc) is 2.99. The molecule has 0 aliphatic carbocycles. The molecule has 0 fully saturated rings. The zero-order valence-corrected chi connectivity index (χ0v) is 13.7. The first kappa shape index (κ1) is 20.8. The van der Waals surface area contributed by atoms with E-state index in [1.807, 2.05) is 0 Å². The van der Waals surface area contributed by atoms with Gasteiger partial charge in [-0.1, -0.05) is 17.7 Å². The van der Waals surface area contributed by atoms with Crippen molar-refractivity contribution in [1.29, 1.82) is 0 Å². The molecule has 0 bridgehead atoms. The number of carbonyl (C=O) groups excluding carboxylic acids is 1. The Morgan fingerprint density at radius 3 is 2.44 bits per heavy atom. The van der Waals surface area contributed by atoms with Gasteiger partial charge in [-0.25, -0.2) is 4.68 Å². The highest BCUT2D eigenvalue weighted by Crippen LogP contribution is 2.46. The first-order valence-electron chi connectivity index (χ1n) is 6.89. The van der Waals surface area contributed by atoms with E-state index >= 15 is 0 Å². The normalized spacial score (nSPS) is 12.7. The lowest BCUT2D eigenvalue weighted by Gasteiger charge is -2.26. The molecule has 1 amide bonds. The summed E-state index contributed by atoms with van der Waals surface area (Å²) in [7, 11) is 0. The van der Waals surface area contributed by atoms with Crippen molar-refractivity contribution in [2.45, 2.75) is 24.8 Å². The minimum absolute atomic E-state index is 0.286. The zero-order chi connectivity index (χ0) is 20.5. The van der Waals surface area contributed by atoms with E-state index in [4.69, 9.17) is 16.3 Å². The summed E-state index contributed by atoms with van der Waals surface area (Å²) >= 11 is 5.74. The smallest absolute Gasteiger partial charge is 0.460 e. The molecular weight excluding hydrogens is 411 g/mol. The Bertz CT molecular complexity index is 823. The lowest BCUT2D eigenvalue weighted by molar-refractivity contribution is -0.343. The number of nitrogens with one attached hydrogen (secondary N) is 1. The molecule has 1 aromatic carbocycles. The minimum atomic E-state index is -6.61. The van der Waals surface area contributed by atoms with Gasteiger partial charge in [0.2, 0.25) is 0 Å². The molecule has 1 N–H and O–H groups in total. The first-order valence-corrected chi connectivity index (χ1v) is 7.27. The van der Waals surface area contributed by atoms with Gasteiger partial charge >= 0.3 is 23.9 Å². The molecule has 2 rings (SSSR count). The van der Waals surface area contributed by atoms with Gasteiger partial charge in [0, 0.05) is 5.02 Å². The Balaban J connectivity index is 2.03. The second-order valence-electron chi connectivity index (χ2n) is 5.10. The summed E-state index contributed by atoms with van der Waals surface area (Å²) in [5.74, 6) is -15.1. The van der Waals surface area contributed by atoms with Crippen LogP contribution in [0, 0.1) is 0 Å². The van der Waals surface area contributed by atoms with Gasteiger partial charge in [0.15, 0.2) is 6.73 Å². The fourth-order valence-electron chi connectivity index (χ4n) is 1.73. The van der Waals surface area contributed by atoms with Gasteiger partial charge in [-0.15, -0.1) is 0 Å². The number of hydrogen-bond donors (Lipinski definition) is 1. The molecule has 0 aliphatic heterocycles. The van der Waals surface area contributed by atoms with Crippen LogP contribution in [0.15, 0.2) is 36.7 Å². The quantitative estimate of drug-likeness (QED) is 0.709. The maximum Gasteiger partial charge on any atom is 0.460 e. The van der Waals surface area contributed by atoms with E-state index in [0.717, 1.165) is 17.1 Å². The van der Waals surface area contributed by atoms with Gasteiger partial charge in [-0.2, -0.15) is 35.8 Å². The van der Waals surface area contributed by atoms with Crippen molar-refractivity contribution >= 4 is 23.2 Å². The highest BCUT2D eigenvalue weighted by Gasteiger charge is 2.76. The number of amides is 1. The van der Waals surface area contributed by atoms with E-state index in [0.29, 0.717) is 10.8 Å². The van der Waals surface area contributed by atoms with Gasteiger partial charge < -0.3 is 10.1 Å². The number of anilines is 1. The van der Waals surface area contributed by atoms with Gasteiger partial charge in [0.05, 0.1) is 18.1 Å². The summed E-state index contributed by atoms with van der Waals surface area (Å²) in [6, 6.07) is 6.15. The van der Waals surface area contributed by atoms with E-state index in [1.165, 1.54) is 17.4 Å². The first-order chi connectivity index (χ1) is 12.3. The van der Waals surface area contributed by atoms with Gasteiger partial charge in [-0.3, -0.25) is 4.79 Å². The van der Waals surface area contributed by atoms with E-state index in [1.54, 1.807) is 12.1 Å². The molecule has 27 heavy (non-hydrogen) atoms. The molecule has 0 saturated heterocycles. The van der Waals surface area contributed by atoms with E-state index in [2.05, 4.69) is 5.10 Å². The number of benzene rings is 1. The maximum atomic E-state index is 13.2. The summed E-state index contributed by atoms with van der Waals surface area (Å²) in [5, 5.41) is 5.22. The standard InChI is InChI=1S/C14H9ClF7N3O2/c15-8-2-1-3-10(4-8)27-7-25-6-9(5-23-25)24-11(26)12(16,17)13(18,19)14(20,21)22/h1-6H,7H2,(H,24,26). The molecule has 0 unspecified atom stereocenters. The SMILES string of the molecule is O=C(Nc1cnn(COc2cccc(Cl)c2)c1)C(F)(F)C(F)(F)C(F)(F)F. The number of ether oxygens (including phenoxy) is 1. The highest BCUT2D eigenvalue weighted by atomic mass is 35.5. The van der Waals surface area contributed by atoms with E-state index in [-0.39, 0.29) is 6.73 Å². The Morgan fingerprint density at radius 1 is 1.19 bits per heavy atom. The fraction of sp³-hybridized carbons (Fsp3) is 0.286. The third kappa shape index (κ3) is 4.43. The van der Waals surface area contributed by atoms with Crippen molar-refractivity contribution < 1.29 is 40.3 Å². The summed E-state index contributed by atoms with van der Waals surface area (Å²) in [6.45, 7) is -0.286. The van der Waals surface area contributed by atoms with Crippen LogP contribution in [0.3, 0.4) is 0 Å². The summed E-state index contributed by atoms with van der Waals surface area (Å²) in [6.07, 6.45) is -4.95. The molecule has 5 nitrogen and oxygen atoms in total. The lowest BCUT2D eigenvalue weighted by atomic mass is 10.1. The van der Waals surface area contributed by atoms with Crippen LogP contribution >= 0.6 is 11.6 Å². The molecule has 1 heterocycles. The Morgan fingerprint density at radius 2 is 1.85 bits per heavy atom. The van der Waals surface area contributed by atoms with Crippen molar-refractivity contribution in [3.8, 4) is 5.75 Å². The molecule has 13 heteroatoms. The van der Waals surface area contributed by atoms with Crippen molar-refractivity contribution in [3.05, 3.63) is 41.7 Å². The van der Waals surface area contributed by atoms with Crippen LogP contribution < -0.4 is 10.1 Å².